The summed E-state index contributed by atoms with van der Waals surface area (Å²) >= 11 is 0. The molecule has 1 heterocycles. The summed E-state index contributed by atoms with van der Waals surface area (Å²) in [6.07, 6.45) is 0.178. The predicted molar refractivity (Wildman–Crippen MR) is 65.1 cm³/mol. The Labute approximate surface area is 97.2 Å². The van der Waals surface area contributed by atoms with E-state index in [0.29, 0.717) is 12.6 Å². The maximum Gasteiger partial charge on any atom is 0.0850 e. The number of nitrogens with zero attached hydrogens (tertiary/aromatic N) is 1. The van der Waals surface area contributed by atoms with E-state index in [0.717, 1.165) is 19.7 Å². The fraction of sp³-hybridized carbons (Fsp3) is 0.538. The van der Waals surface area contributed by atoms with Crippen LogP contribution in [0, 0.1) is 0 Å². The third kappa shape index (κ3) is 2.61. The van der Waals surface area contributed by atoms with Crippen LogP contribution in [0.4, 0.5) is 0 Å². The first kappa shape index (κ1) is 11.6. The fourth-order valence-corrected chi connectivity index (χ4v) is 2.21. The Kier molecular flexibility index (Phi) is 3.93. The lowest BCUT2D eigenvalue weighted by atomic mass is 10.1. The maximum absolute atomic E-state index is 5.70. The Bertz CT molecular complexity index is 315. The molecule has 0 aromatic heterocycles. The van der Waals surface area contributed by atoms with Crippen LogP contribution in [0.1, 0.15) is 12.5 Å². The second kappa shape index (κ2) is 5.43. The molecular weight excluding hydrogens is 200 g/mol. The van der Waals surface area contributed by atoms with Crippen LogP contribution >= 0.6 is 0 Å². The van der Waals surface area contributed by atoms with Crippen molar-refractivity contribution in [3.63, 3.8) is 0 Å². The Hall–Kier alpha value is -0.900. The summed E-state index contributed by atoms with van der Waals surface area (Å²) in [7, 11) is 0. The number of hydrogen-bond acceptors (Lipinski definition) is 3. The van der Waals surface area contributed by atoms with Crippen LogP contribution in [0.15, 0.2) is 30.3 Å². The lowest BCUT2D eigenvalue weighted by Crippen LogP contribution is -2.51. The van der Waals surface area contributed by atoms with Crippen LogP contribution in [0.5, 0.6) is 0 Å². The van der Waals surface area contributed by atoms with Gasteiger partial charge in [0.05, 0.1) is 12.7 Å². The molecule has 16 heavy (non-hydrogen) atoms. The summed E-state index contributed by atoms with van der Waals surface area (Å²) in [5.41, 5.74) is 7.05. The van der Waals surface area contributed by atoms with Gasteiger partial charge in [-0.2, -0.15) is 0 Å². The minimum atomic E-state index is 0.178. The Balaban J connectivity index is 1.99. The van der Waals surface area contributed by atoms with Crippen molar-refractivity contribution in [3.8, 4) is 0 Å². The highest BCUT2D eigenvalue weighted by Crippen LogP contribution is 2.16. The van der Waals surface area contributed by atoms with E-state index in [4.69, 9.17) is 10.5 Å². The first-order valence-corrected chi connectivity index (χ1v) is 5.91. The molecule has 2 atom stereocenters. The van der Waals surface area contributed by atoms with E-state index in [-0.39, 0.29) is 6.10 Å². The molecule has 0 saturated carbocycles. The Morgan fingerprint density at radius 1 is 1.38 bits per heavy atom. The quantitative estimate of drug-likeness (QED) is 0.833. The van der Waals surface area contributed by atoms with Gasteiger partial charge in [-0.15, -0.1) is 0 Å². The molecule has 88 valence electrons. The molecule has 2 N–H and O–H groups in total. The highest BCUT2D eigenvalue weighted by molar-refractivity contribution is 5.14. The van der Waals surface area contributed by atoms with Crippen LogP contribution < -0.4 is 5.73 Å². The molecule has 1 aromatic carbocycles. The smallest absolute Gasteiger partial charge is 0.0850 e. The number of benzene rings is 1. The van der Waals surface area contributed by atoms with Crippen molar-refractivity contribution in [1.29, 1.82) is 0 Å². The fourth-order valence-electron chi connectivity index (χ4n) is 2.21. The summed E-state index contributed by atoms with van der Waals surface area (Å²) in [6.45, 7) is 5.57. The highest BCUT2D eigenvalue weighted by Gasteiger charge is 2.27. The van der Waals surface area contributed by atoms with E-state index in [9.17, 15) is 0 Å². The van der Waals surface area contributed by atoms with Gasteiger partial charge < -0.3 is 10.5 Å². The van der Waals surface area contributed by atoms with Gasteiger partial charge in [0.2, 0.25) is 0 Å². The zero-order valence-electron chi connectivity index (χ0n) is 9.80. The first-order chi connectivity index (χ1) is 7.81. The van der Waals surface area contributed by atoms with E-state index in [1.807, 2.05) is 0 Å². The molecule has 3 nitrogen and oxygen atoms in total. The standard InChI is InChI=1S/C13H20N2O/c1-11-13(9-14)16-8-7-15(11)10-12-5-3-2-4-6-12/h2-6,11,13H,7-10,14H2,1H3. The van der Waals surface area contributed by atoms with Crippen molar-refractivity contribution < 1.29 is 4.74 Å². The molecule has 1 aliphatic rings. The number of hydrogen-bond donors (Lipinski definition) is 1. The van der Waals surface area contributed by atoms with Gasteiger partial charge in [-0.3, -0.25) is 4.90 Å². The van der Waals surface area contributed by atoms with Gasteiger partial charge in [-0.05, 0) is 12.5 Å². The van der Waals surface area contributed by atoms with Gasteiger partial charge >= 0.3 is 0 Å². The summed E-state index contributed by atoms with van der Waals surface area (Å²) < 4.78 is 5.64. The topological polar surface area (TPSA) is 38.5 Å². The lowest BCUT2D eigenvalue weighted by Gasteiger charge is -2.38. The molecule has 1 fully saturated rings. The molecule has 1 aliphatic heterocycles. The van der Waals surface area contributed by atoms with E-state index < -0.39 is 0 Å². The van der Waals surface area contributed by atoms with Crippen molar-refractivity contribution in [3.05, 3.63) is 35.9 Å². The summed E-state index contributed by atoms with van der Waals surface area (Å²) in [5, 5.41) is 0. The van der Waals surface area contributed by atoms with Gasteiger partial charge in [0.25, 0.3) is 0 Å². The summed E-state index contributed by atoms with van der Waals surface area (Å²) in [4.78, 5) is 2.44. The molecule has 1 saturated heterocycles. The van der Waals surface area contributed by atoms with E-state index in [1.165, 1.54) is 5.56 Å². The molecule has 0 bridgehead atoms. The van der Waals surface area contributed by atoms with Gasteiger partial charge in [0, 0.05) is 25.7 Å². The summed E-state index contributed by atoms with van der Waals surface area (Å²) in [6, 6.07) is 11.0. The summed E-state index contributed by atoms with van der Waals surface area (Å²) in [5.74, 6) is 0. The monoisotopic (exact) mass is 220 g/mol. The molecule has 0 amide bonds. The molecule has 2 rings (SSSR count). The van der Waals surface area contributed by atoms with Crippen LogP contribution in [0.25, 0.3) is 0 Å². The van der Waals surface area contributed by atoms with Gasteiger partial charge in [0.15, 0.2) is 0 Å². The lowest BCUT2D eigenvalue weighted by molar-refractivity contribution is -0.0629. The van der Waals surface area contributed by atoms with E-state index in [2.05, 4.69) is 42.2 Å². The molecule has 2 unspecified atom stereocenters. The molecule has 0 radical (unpaired) electrons. The van der Waals surface area contributed by atoms with Gasteiger partial charge in [-0.25, -0.2) is 0 Å². The van der Waals surface area contributed by atoms with Crippen molar-refractivity contribution in [2.75, 3.05) is 19.7 Å². The molecule has 1 aromatic rings. The van der Waals surface area contributed by atoms with Crippen molar-refractivity contribution in [1.82, 2.24) is 4.90 Å². The maximum atomic E-state index is 5.70. The average molecular weight is 220 g/mol. The molecule has 0 aliphatic carbocycles. The Morgan fingerprint density at radius 2 is 2.12 bits per heavy atom. The van der Waals surface area contributed by atoms with E-state index in [1.54, 1.807) is 0 Å². The van der Waals surface area contributed by atoms with Gasteiger partial charge in [0.1, 0.15) is 0 Å². The van der Waals surface area contributed by atoms with E-state index >= 15 is 0 Å². The first-order valence-electron chi connectivity index (χ1n) is 5.91. The second-order valence-electron chi connectivity index (χ2n) is 4.34. The number of rotatable bonds is 3. The third-order valence-electron chi connectivity index (χ3n) is 3.29. The average Bonchev–Trinajstić information content (AvgIpc) is 2.33. The van der Waals surface area contributed by atoms with Crippen LogP contribution in [-0.4, -0.2) is 36.7 Å². The predicted octanol–water partition coefficient (Wildman–Crippen LogP) is 1.23. The Morgan fingerprint density at radius 3 is 2.81 bits per heavy atom. The third-order valence-corrected chi connectivity index (χ3v) is 3.29. The van der Waals surface area contributed by atoms with Crippen molar-refractivity contribution >= 4 is 0 Å². The molecule has 3 heteroatoms. The normalized spacial score (nSPS) is 26.9. The second-order valence-corrected chi connectivity index (χ2v) is 4.34. The van der Waals surface area contributed by atoms with Crippen LogP contribution in [-0.2, 0) is 11.3 Å². The number of morpholine rings is 1. The zero-order chi connectivity index (χ0) is 11.4. The molecule has 0 spiro atoms. The van der Waals surface area contributed by atoms with Crippen molar-refractivity contribution in [2.45, 2.75) is 25.6 Å². The van der Waals surface area contributed by atoms with Crippen molar-refractivity contribution in [2.24, 2.45) is 5.73 Å². The SMILES string of the molecule is CC1C(CN)OCCN1Cc1ccccc1. The minimum absolute atomic E-state index is 0.178. The largest absolute Gasteiger partial charge is 0.374 e. The zero-order valence-corrected chi connectivity index (χ0v) is 9.80. The number of ether oxygens (including phenoxy) is 1. The van der Waals surface area contributed by atoms with Gasteiger partial charge in [-0.1, -0.05) is 30.3 Å². The minimum Gasteiger partial charge on any atom is -0.374 e. The van der Waals surface area contributed by atoms with Crippen LogP contribution in [0.3, 0.4) is 0 Å². The number of nitrogens with two attached hydrogens (primary N) is 1. The highest BCUT2D eigenvalue weighted by atomic mass is 16.5. The molecular formula is C13H20N2O. The van der Waals surface area contributed by atoms with Crippen LogP contribution in [0.2, 0.25) is 0 Å².